The van der Waals surface area contributed by atoms with Crippen LogP contribution < -0.4 is 5.73 Å². The van der Waals surface area contributed by atoms with Crippen molar-refractivity contribution in [2.24, 2.45) is 5.73 Å². The van der Waals surface area contributed by atoms with E-state index in [1.54, 1.807) is 7.11 Å². The van der Waals surface area contributed by atoms with Gasteiger partial charge in [-0.1, -0.05) is 0 Å². The summed E-state index contributed by atoms with van der Waals surface area (Å²) in [4.78, 5) is 2.24. The van der Waals surface area contributed by atoms with Crippen LogP contribution in [0.4, 0.5) is 0 Å². The van der Waals surface area contributed by atoms with Crippen LogP contribution in [0.3, 0.4) is 0 Å². The predicted octanol–water partition coefficient (Wildman–Crippen LogP) is -0.139. The van der Waals surface area contributed by atoms with Crippen molar-refractivity contribution in [2.75, 3.05) is 44.9 Å². The van der Waals surface area contributed by atoms with Crippen molar-refractivity contribution in [3.8, 4) is 0 Å². The molecule has 1 fully saturated rings. The first-order valence-electron chi connectivity index (χ1n) is 6.22. The third-order valence-corrected chi connectivity index (χ3v) is 4.92. The van der Waals surface area contributed by atoms with E-state index in [9.17, 15) is 8.42 Å². The fraction of sp³-hybridized carbons (Fsp3) is 1.00. The number of hydrogen-bond acceptors (Lipinski definition) is 5. The molecule has 1 unspecified atom stereocenters. The number of sulfone groups is 1. The van der Waals surface area contributed by atoms with Gasteiger partial charge < -0.3 is 10.5 Å². The molecule has 1 atom stereocenters. The second-order valence-corrected chi connectivity index (χ2v) is 6.89. The molecule has 0 saturated carbocycles. The van der Waals surface area contributed by atoms with Gasteiger partial charge in [0.2, 0.25) is 0 Å². The van der Waals surface area contributed by atoms with E-state index in [1.165, 1.54) is 0 Å². The summed E-state index contributed by atoms with van der Waals surface area (Å²) in [7, 11) is -1.14. The fourth-order valence-electron chi connectivity index (χ4n) is 2.24. The number of nitrogens with two attached hydrogens (primary N) is 1. The molecule has 0 aromatic rings. The molecule has 1 heterocycles. The van der Waals surface area contributed by atoms with Gasteiger partial charge in [-0.2, -0.15) is 0 Å². The van der Waals surface area contributed by atoms with Crippen LogP contribution in [0.2, 0.25) is 0 Å². The first kappa shape index (κ1) is 14.9. The van der Waals surface area contributed by atoms with Crippen molar-refractivity contribution >= 4 is 9.84 Å². The number of methoxy groups -OCH3 is 1. The van der Waals surface area contributed by atoms with Crippen LogP contribution in [0.5, 0.6) is 0 Å². The van der Waals surface area contributed by atoms with Crippen molar-refractivity contribution in [1.29, 1.82) is 0 Å². The molecule has 0 aromatic carbocycles. The quantitative estimate of drug-likeness (QED) is 0.723. The summed E-state index contributed by atoms with van der Waals surface area (Å²) in [5.41, 5.74) is 5.52. The molecule has 0 bridgehead atoms. The van der Waals surface area contributed by atoms with E-state index in [-0.39, 0.29) is 5.75 Å². The molecule has 1 aliphatic heterocycles. The summed E-state index contributed by atoms with van der Waals surface area (Å²) < 4.78 is 28.3. The Kier molecular flexibility index (Phi) is 6.40. The molecule has 0 radical (unpaired) electrons. The maximum atomic E-state index is 11.5. The van der Waals surface area contributed by atoms with Crippen LogP contribution in [-0.4, -0.2) is 64.2 Å². The molecular weight excluding hydrogens is 240 g/mol. The number of rotatable bonds is 6. The van der Waals surface area contributed by atoms with Crippen LogP contribution in [0.15, 0.2) is 0 Å². The molecular formula is C11H24N2O3S. The Balaban J connectivity index is 2.54. The molecule has 2 N–H and O–H groups in total. The highest BCUT2D eigenvalue weighted by Gasteiger charge is 2.24. The van der Waals surface area contributed by atoms with Gasteiger partial charge in [0.15, 0.2) is 9.84 Å². The third-order valence-electron chi connectivity index (χ3n) is 3.21. The third kappa shape index (κ3) is 5.33. The first-order chi connectivity index (χ1) is 8.09. The van der Waals surface area contributed by atoms with E-state index in [0.29, 0.717) is 31.5 Å². The minimum absolute atomic E-state index is 0.274. The number of nitrogens with zero attached hydrogens (tertiary/aromatic N) is 1. The molecule has 0 amide bonds. The summed E-state index contributed by atoms with van der Waals surface area (Å²) in [6.45, 7) is 2.80. The van der Waals surface area contributed by atoms with Gasteiger partial charge in [-0.05, 0) is 32.4 Å². The van der Waals surface area contributed by atoms with E-state index in [1.807, 2.05) is 0 Å². The summed E-state index contributed by atoms with van der Waals surface area (Å²) in [5, 5.41) is 0. The Hall–Kier alpha value is -0.170. The van der Waals surface area contributed by atoms with Crippen LogP contribution in [0.1, 0.15) is 19.3 Å². The lowest BCUT2D eigenvalue weighted by Gasteiger charge is -2.29. The average Bonchev–Trinajstić information content (AvgIpc) is 2.46. The second kappa shape index (κ2) is 7.31. The number of hydrogen-bond donors (Lipinski definition) is 1. The second-order valence-electron chi connectivity index (χ2n) is 4.58. The van der Waals surface area contributed by atoms with Crippen LogP contribution in [0, 0.1) is 0 Å². The van der Waals surface area contributed by atoms with Gasteiger partial charge in [0.1, 0.15) is 0 Å². The monoisotopic (exact) mass is 264 g/mol. The fourth-order valence-corrected chi connectivity index (χ4v) is 3.53. The van der Waals surface area contributed by atoms with Crippen molar-refractivity contribution in [3.63, 3.8) is 0 Å². The molecule has 6 heteroatoms. The van der Waals surface area contributed by atoms with Gasteiger partial charge in [-0.3, -0.25) is 4.90 Å². The minimum atomic E-state index is -2.83. The lowest BCUT2D eigenvalue weighted by atomic mass is 10.1. The topological polar surface area (TPSA) is 72.6 Å². The van der Waals surface area contributed by atoms with Gasteiger partial charge in [0.05, 0.1) is 18.1 Å². The summed E-state index contributed by atoms with van der Waals surface area (Å²) >= 11 is 0. The molecule has 0 spiro atoms. The highest BCUT2D eigenvalue weighted by Crippen LogP contribution is 2.12. The number of ether oxygens (including phenoxy) is 1. The van der Waals surface area contributed by atoms with E-state index in [0.717, 1.165) is 25.8 Å². The van der Waals surface area contributed by atoms with Crippen LogP contribution >= 0.6 is 0 Å². The lowest BCUT2D eigenvalue weighted by Crippen LogP contribution is -2.40. The largest absolute Gasteiger partial charge is 0.383 e. The molecule has 17 heavy (non-hydrogen) atoms. The molecule has 102 valence electrons. The zero-order valence-corrected chi connectivity index (χ0v) is 11.4. The van der Waals surface area contributed by atoms with E-state index in [2.05, 4.69) is 4.90 Å². The van der Waals surface area contributed by atoms with Gasteiger partial charge >= 0.3 is 0 Å². The molecule has 0 aliphatic carbocycles. The maximum Gasteiger partial charge on any atom is 0.151 e. The highest BCUT2D eigenvalue weighted by molar-refractivity contribution is 7.91. The van der Waals surface area contributed by atoms with E-state index >= 15 is 0 Å². The molecule has 1 aliphatic rings. The zero-order valence-electron chi connectivity index (χ0n) is 10.6. The Bertz CT molecular complexity index is 306. The Morgan fingerprint density at radius 2 is 2.12 bits per heavy atom. The van der Waals surface area contributed by atoms with Crippen molar-refractivity contribution in [1.82, 2.24) is 4.90 Å². The molecule has 1 saturated heterocycles. The van der Waals surface area contributed by atoms with Crippen molar-refractivity contribution in [3.05, 3.63) is 0 Å². The van der Waals surface area contributed by atoms with Gasteiger partial charge in [0, 0.05) is 19.7 Å². The van der Waals surface area contributed by atoms with E-state index < -0.39 is 9.84 Å². The summed E-state index contributed by atoms with van der Waals surface area (Å²) in [5.74, 6) is 0.593. The van der Waals surface area contributed by atoms with Gasteiger partial charge in [-0.15, -0.1) is 0 Å². The Morgan fingerprint density at radius 3 is 2.76 bits per heavy atom. The van der Waals surface area contributed by atoms with Gasteiger partial charge in [-0.25, -0.2) is 8.42 Å². The predicted molar refractivity (Wildman–Crippen MR) is 68.8 cm³/mol. The zero-order chi connectivity index (χ0) is 12.7. The first-order valence-corrected chi connectivity index (χ1v) is 8.04. The minimum Gasteiger partial charge on any atom is -0.383 e. The molecule has 1 rings (SSSR count). The summed E-state index contributed by atoms with van der Waals surface area (Å²) in [6, 6.07) is 0.303. The Morgan fingerprint density at radius 1 is 1.35 bits per heavy atom. The molecule has 5 nitrogen and oxygen atoms in total. The normalized spacial score (nSPS) is 23.2. The highest BCUT2D eigenvalue weighted by atomic mass is 32.2. The van der Waals surface area contributed by atoms with E-state index in [4.69, 9.17) is 10.5 Å². The smallest absolute Gasteiger partial charge is 0.151 e. The Labute approximate surface area is 104 Å². The lowest BCUT2D eigenvalue weighted by molar-refractivity contribution is 0.0889. The standard InChI is InChI=1S/C11H24N2O3S/c1-16-10-11(4-2-5-12)13-6-3-8-17(14,15)9-7-13/h11H,2-10,12H2,1H3. The average molecular weight is 264 g/mol. The van der Waals surface area contributed by atoms with Crippen molar-refractivity contribution in [2.45, 2.75) is 25.3 Å². The SMILES string of the molecule is COCC(CCCN)N1CCCS(=O)(=O)CC1. The van der Waals surface area contributed by atoms with Crippen molar-refractivity contribution < 1.29 is 13.2 Å². The van der Waals surface area contributed by atoms with Gasteiger partial charge in [0.25, 0.3) is 0 Å². The maximum absolute atomic E-state index is 11.5. The summed E-state index contributed by atoms with van der Waals surface area (Å²) in [6.07, 6.45) is 2.66. The molecule has 0 aromatic heterocycles. The van der Waals surface area contributed by atoms with Crippen LogP contribution in [0.25, 0.3) is 0 Å². The van der Waals surface area contributed by atoms with Crippen LogP contribution in [-0.2, 0) is 14.6 Å².